The minimum Gasteiger partial charge on any atom is -0.334 e. The van der Waals surface area contributed by atoms with Gasteiger partial charge in [-0.05, 0) is 18.6 Å². The molecule has 2 heterocycles. The maximum Gasteiger partial charge on any atom is 0.238 e. The van der Waals surface area contributed by atoms with Crippen molar-refractivity contribution >= 4 is 17.5 Å². The van der Waals surface area contributed by atoms with Gasteiger partial charge < -0.3 is 4.90 Å². The van der Waals surface area contributed by atoms with Crippen LogP contribution >= 0.6 is 11.6 Å². The van der Waals surface area contributed by atoms with E-state index < -0.39 is 28.9 Å². The quantitative estimate of drug-likeness (QED) is 0.622. The minimum atomic E-state index is -1.29. The van der Waals surface area contributed by atoms with Gasteiger partial charge in [0.2, 0.25) is 5.91 Å². The number of hydrogen-bond acceptors (Lipinski definition) is 3. The summed E-state index contributed by atoms with van der Waals surface area (Å²) in [4.78, 5) is 17.6. The Labute approximate surface area is 141 Å². The van der Waals surface area contributed by atoms with E-state index in [1.54, 1.807) is 4.68 Å². The van der Waals surface area contributed by atoms with E-state index in [4.69, 9.17) is 11.6 Å². The number of aromatic nitrogens is 3. The molecule has 1 aromatic heterocycles. The lowest BCUT2D eigenvalue weighted by Crippen LogP contribution is -2.45. The monoisotopic (exact) mass is 358 g/mol. The van der Waals surface area contributed by atoms with Crippen LogP contribution in [0, 0.1) is 17.5 Å². The molecule has 0 radical (unpaired) electrons. The summed E-state index contributed by atoms with van der Waals surface area (Å²) in [7, 11) is 0. The van der Waals surface area contributed by atoms with Crippen LogP contribution in [0.25, 0.3) is 0 Å². The fourth-order valence-electron chi connectivity index (χ4n) is 2.87. The molecular weight excluding hydrogens is 345 g/mol. The van der Waals surface area contributed by atoms with Crippen LogP contribution in [-0.4, -0.2) is 37.5 Å². The molecule has 9 heteroatoms. The Morgan fingerprint density at radius 3 is 2.83 bits per heavy atom. The van der Waals surface area contributed by atoms with E-state index in [1.807, 2.05) is 0 Å². The van der Waals surface area contributed by atoms with E-state index in [-0.39, 0.29) is 18.5 Å². The lowest BCUT2D eigenvalue weighted by molar-refractivity contribution is -0.132. The second-order valence-corrected chi connectivity index (χ2v) is 5.79. The number of carbonyl (C=O) groups excluding carboxylic acids is 1. The first-order valence-corrected chi connectivity index (χ1v) is 7.89. The number of amides is 1. The molecule has 0 N–H and O–H groups in total. The molecule has 0 bridgehead atoms. The van der Waals surface area contributed by atoms with Gasteiger partial charge in [-0.1, -0.05) is 0 Å². The summed E-state index contributed by atoms with van der Waals surface area (Å²) in [5, 5.41) is 4.05. The highest BCUT2D eigenvalue weighted by Gasteiger charge is 2.30. The summed E-state index contributed by atoms with van der Waals surface area (Å²) < 4.78 is 43.0. The van der Waals surface area contributed by atoms with Crippen molar-refractivity contribution < 1.29 is 18.0 Å². The van der Waals surface area contributed by atoms with Crippen molar-refractivity contribution in [1.29, 1.82) is 0 Å². The number of hydrogen-bond donors (Lipinski definition) is 0. The zero-order valence-electron chi connectivity index (χ0n) is 12.6. The van der Waals surface area contributed by atoms with Gasteiger partial charge >= 0.3 is 0 Å². The molecule has 128 valence electrons. The van der Waals surface area contributed by atoms with Gasteiger partial charge in [-0.3, -0.25) is 4.79 Å². The maximum absolute atomic E-state index is 13.9. The highest BCUT2D eigenvalue weighted by molar-refractivity contribution is 6.27. The molecule has 1 aromatic carbocycles. The number of halogens is 4. The highest BCUT2D eigenvalue weighted by Crippen LogP contribution is 2.23. The molecule has 1 aliphatic heterocycles. The summed E-state index contributed by atoms with van der Waals surface area (Å²) in [6.45, 7) is 0.139. The number of benzene rings is 1. The number of nitrogens with zero attached hydrogens (tertiary/aromatic N) is 4. The number of alkyl halides is 1. The predicted molar refractivity (Wildman–Crippen MR) is 79.7 cm³/mol. The smallest absolute Gasteiger partial charge is 0.238 e. The number of carbonyl (C=O) groups is 1. The first-order chi connectivity index (χ1) is 11.5. The second-order valence-electron chi connectivity index (χ2n) is 5.52. The van der Waals surface area contributed by atoms with Crippen molar-refractivity contribution in [3.8, 4) is 0 Å². The Bertz CT molecular complexity index is 767. The van der Waals surface area contributed by atoms with Gasteiger partial charge in [-0.25, -0.2) is 22.8 Å². The summed E-state index contributed by atoms with van der Waals surface area (Å²) in [5.41, 5.74) is -0.486. The normalized spacial score (nSPS) is 16.8. The lowest BCUT2D eigenvalue weighted by Gasteiger charge is -2.34. The van der Waals surface area contributed by atoms with Gasteiger partial charge in [0.1, 0.15) is 23.8 Å². The van der Waals surface area contributed by atoms with Crippen molar-refractivity contribution in [3.63, 3.8) is 0 Å². The average Bonchev–Trinajstić information content (AvgIpc) is 3.05. The molecule has 0 saturated heterocycles. The van der Waals surface area contributed by atoms with Crippen molar-refractivity contribution in [3.05, 3.63) is 47.3 Å². The first-order valence-electron chi connectivity index (χ1n) is 7.35. The van der Waals surface area contributed by atoms with Crippen molar-refractivity contribution in [2.75, 3.05) is 5.88 Å². The van der Waals surface area contributed by atoms with E-state index in [9.17, 15) is 18.0 Å². The Morgan fingerprint density at radius 2 is 2.08 bits per heavy atom. The Hall–Kier alpha value is -2.09. The van der Waals surface area contributed by atoms with Crippen LogP contribution in [0.5, 0.6) is 0 Å². The fraction of sp³-hybridized carbons (Fsp3) is 0.400. The Morgan fingerprint density at radius 1 is 1.33 bits per heavy atom. The zero-order valence-corrected chi connectivity index (χ0v) is 13.3. The largest absolute Gasteiger partial charge is 0.334 e. The summed E-state index contributed by atoms with van der Waals surface area (Å²) in [5.74, 6) is -3.48. The maximum atomic E-state index is 13.9. The molecular formula is C15H14ClF3N4O. The van der Waals surface area contributed by atoms with Gasteiger partial charge in [0.05, 0.1) is 6.54 Å². The molecule has 1 atom stereocenters. The molecule has 0 aliphatic carbocycles. The topological polar surface area (TPSA) is 51.0 Å². The molecule has 2 aromatic rings. The second kappa shape index (κ2) is 6.80. The highest BCUT2D eigenvalue weighted by atomic mass is 35.5. The van der Waals surface area contributed by atoms with Gasteiger partial charge in [0.15, 0.2) is 11.6 Å². The number of aryl methyl sites for hydroxylation is 1. The fourth-order valence-corrected chi connectivity index (χ4v) is 3.02. The van der Waals surface area contributed by atoms with Crippen LogP contribution in [0.2, 0.25) is 0 Å². The van der Waals surface area contributed by atoms with Crippen LogP contribution in [0.15, 0.2) is 18.5 Å². The average molecular weight is 359 g/mol. The van der Waals surface area contributed by atoms with E-state index in [0.717, 1.165) is 6.07 Å². The van der Waals surface area contributed by atoms with Gasteiger partial charge in [0, 0.05) is 24.6 Å². The number of rotatable bonds is 4. The Kier molecular flexibility index (Phi) is 4.75. The van der Waals surface area contributed by atoms with E-state index in [1.165, 1.54) is 11.2 Å². The molecule has 0 saturated carbocycles. The summed E-state index contributed by atoms with van der Waals surface area (Å²) >= 11 is 5.64. The molecule has 0 fully saturated rings. The standard InChI is InChI=1S/C15H14ClF3N4O/c16-6-14(24)22(7-10-11(17)1-2-12(18)15(10)19)9-3-4-23-13(5-9)20-8-21-23/h1-2,8-9H,3-7H2. The van der Waals surface area contributed by atoms with Crippen LogP contribution < -0.4 is 0 Å². The molecule has 1 unspecified atom stereocenters. The van der Waals surface area contributed by atoms with Crippen molar-refractivity contribution in [1.82, 2.24) is 19.7 Å². The van der Waals surface area contributed by atoms with Gasteiger partial charge in [-0.15, -0.1) is 11.6 Å². The molecule has 5 nitrogen and oxygen atoms in total. The SMILES string of the molecule is O=C(CCl)N(Cc1c(F)ccc(F)c1F)C1CCn2ncnc2C1. The van der Waals surface area contributed by atoms with E-state index in [0.29, 0.717) is 31.3 Å². The molecule has 0 spiro atoms. The van der Waals surface area contributed by atoms with Gasteiger partial charge in [-0.2, -0.15) is 5.10 Å². The molecule has 1 aliphatic rings. The first kappa shape index (κ1) is 16.8. The van der Waals surface area contributed by atoms with Crippen molar-refractivity contribution in [2.24, 2.45) is 0 Å². The van der Waals surface area contributed by atoms with E-state index >= 15 is 0 Å². The number of fused-ring (bicyclic) bond motifs is 1. The third-order valence-corrected chi connectivity index (χ3v) is 4.36. The van der Waals surface area contributed by atoms with Crippen LogP contribution in [0.1, 0.15) is 17.8 Å². The van der Waals surface area contributed by atoms with E-state index in [2.05, 4.69) is 10.1 Å². The molecule has 1 amide bonds. The minimum absolute atomic E-state index is 0.332. The third-order valence-electron chi connectivity index (χ3n) is 4.13. The predicted octanol–water partition coefficient (Wildman–Crippen LogP) is 2.28. The lowest BCUT2D eigenvalue weighted by atomic mass is 10.0. The van der Waals surface area contributed by atoms with Crippen LogP contribution in [0.4, 0.5) is 13.2 Å². The third kappa shape index (κ3) is 3.10. The van der Waals surface area contributed by atoms with Crippen LogP contribution in [-0.2, 0) is 24.3 Å². The summed E-state index contributed by atoms with van der Waals surface area (Å²) in [6, 6.07) is 1.22. The molecule has 24 heavy (non-hydrogen) atoms. The summed E-state index contributed by atoms with van der Waals surface area (Å²) in [6.07, 6.45) is 2.34. The van der Waals surface area contributed by atoms with Crippen molar-refractivity contribution in [2.45, 2.75) is 32.0 Å². The van der Waals surface area contributed by atoms with Crippen LogP contribution in [0.3, 0.4) is 0 Å². The zero-order chi connectivity index (χ0) is 17.3. The van der Waals surface area contributed by atoms with Gasteiger partial charge in [0.25, 0.3) is 0 Å². The Balaban J connectivity index is 1.89. The molecule has 3 rings (SSSR count).